The van der Waals surface area contributed by atoms with Crippen LogP contribution in [0, 0.1) is 0 Å². The highest BCUT2D eigenvalue weighted by Crippen LogP contribution is 2.52. The number of carbonyl (C=O) groups excluding carboxylic acids is 3. The van der Waals surface area contributed by atoms with Crippen LogP contribution in [0.1, 0.15) is 68.8 Å². The molecule has 5 rings (SSSR count). The van der Waals surface area contributed by atoms with Crippen molar-refractivity contribution < 1.29 is 49.0 Å². The zero-order chi connectivity index (χ0) is 30.5. The molecule has 1 amide bonds. The first kappa shape index (κ1) is 29.9. The molecule has 1 heterocycles. The van der Waals surface area contributed by atoms with E-state index in [1.807, 2.05) is 0 Å². The van der Waals surface area contributed by atoms with Crippen molar-refractivity contribution in [1.29, 1.82) is 0 Å². The van der Waals surface area contributed by atoms with Crippen LogP contribution >= 0.6 is 0 Å². The number of hydrogen-bond donors (Lipinski definition) is 7. The fraction of sp³-hybridized carbons (Fsp3) is 0.483. The molecule has 13 nitrogen and oxygen atoms in total. The Morgan fingerprint density at radius 3 is 2.52 bits per heavy atom. The molecule has 42 heavy (non-hydrogen) atoms. The Kier molecular flexibility index (Phi) is 8.00. The lowest BCUT2D eigenvalue weighted by molar-refractivity contribution is -0.247. The number of methoxy groups -OCH3 is 1. The first-order valence-corrected chi connectivity index (χ1v) is 13.7. The van der Waals surface area contributed by atoms with Crippen molar-refractivity contribution in [1.82, 2.24) is 10.6 Å². The molecule has 0 aromatic heterocycles. The molecule has 1 saturated heterocycles. The standard InChI is InChI=1S/C29H35N3O10/c1-12-23(33)15(30)9-18(41-12)42-17-11-29(39,28(38)32-8-7-31-2)10-14-20(17)27(37)22-21(25(14)35)24(34)13-5-4-6-16(40-3)19(13)26(22)36/h4-6,12,15,17-18,23,31,33,35,37,39H,7-11,30H2,1-3H3,(H,32,38)/t12?,15?,17-,18?,23?,29-/m0/s1. The normalized spacial score (nSPS) is 28.5. The van der Waals surface area contributed by atoms with E-state index in [0.29, 0.717) is 6.54 Å². The van der Waals surface area contributed by atoms with Crippen molar-refractivity contribution in [2.75, 3.05) is 27.2 Å². The van der Waals surface area contributed by atoms with Gasteiger partial charge < -0.3 is 51.0 Å². The average Bonchev–Trinajstić information content (AvgIpc) is 2.95. The first-order chi connectivity index (χ1) is 19.9. The summed E-state index contributed by atoms with van der Waals surface area (Å²) >= 11 is 0. The van der Waals surface area contributed by atoms with Gasteiger partial charge in [0.25, 0.3) is 5.91 Å². The number of likely N-dealkylation sites (N-methyl/N-ethyl adjacent to an activating group) is 1. The van der Waals surface area contributed by atoms with E-state index in [0.717, 1.165) is 0 Å². The number of hydrogen-bond acceptors (Lipinski definition) is 12. The summed E-state index contributed by atoms with van der Waals surface area (Å²) in [7, 11) is 3.04. The number of amides is 1. The number of fused-ring (bicyclic) bond motifs is 3. The predicted molar refractivity (Wildman–Crippen MR) is 147 cm³/mol. The maximum absolute atomic E-state index is 13.8. The molecule has 226 valence electrons. The number of phenolic OH excluding ortho intramolecular Hbond substituents is 2. The number of ketones is 2. The highest BCUT2D eigenvalue weighted by atomic mass is 16.7. The van der Waals surface area contributed by atoms with Gasteiger partial charge in [-0.15, -0.1) is 0 Å². The molecule has 3 aliphatic rings. The Hall–Kier alpha value is -3.59. The van der Waals surface area contributed by atoms with Crippen LogP contribution in [-0.2, 0) is 20.7 Å². The first-order valence-electron chi connectivity index (χ1n) is 13.7. The topological polar surface area (TPSA) is 210 Å². The van der Waals surface area contributed by atoms with Crippen LogP contribution in [0.3, 0.4) is 0 Å². The number of aliphatic hydroxyl groups is 2. The number of rotatable bonds is 7. The number of phenols is 2. The van der Waals surface area contributed by atoms with Crippen LogP contribution in [0.15, 0.2) is 18.2 Å². The summed E-state index contributed by atoms with van der Waals surface area (Å²) in [6.07, 6.45) is -4.80. The van der Waals surface area contributed by atoms with Crippen molar-refractivity contribution in [3.8, 4) is 17.2 Å². The summed E-state index contributed by atoms with van der Waals surface area (Å²) in [6.45, 7) is 2.22. The van der Waals surface area contributed by atoms with Gasteiger partial charge in [-0.2, -0.15) is 0 Å². The molecular weight excluding hydrogens is 550 g/mol. The number of benzene rings is 2. The molecular formula is C29H35N3O10. The Bertz CT molecular complexity index is 1430. The van der Waals surface area contributed by atoms with E-state index in [-0.39, 0.29) is 47.4 Å². The average molecular weight is 586 g/mol. The van der Waals surface area contributed by atoms with Crippen LogP contribution in [0.25, 0.3) is 0 Å². The van der Waals surface area contributed by atoms with Gasteiger partial charge in [-0.1, -0.05) is 12.1 Å². The van der Waals surface area contributed by atoms with Crippen molar-refractivity contribution in [2.45, 2.75) is 62.4 Å². The summed E-state index contributed by atoms with van der Waals surface area (Å²) in [4.78, 5) is 40.6. The van der Waals surface area contributed by atoms with Gasteiger partial charge in [0.1, 0.15) is 22.8 Å². The lowest BCUT2D eigenvalue weighted by atomic mass is 9.72. The summed E-state index contributed by atoms with van der Waals surface area (Å²) in [5.74, 6) is -3.39. The van der Waals surface area contributed by atoms with Crippen molar-refractivity contribution in [3.63, 3.8) is 0 Å². The molecule has 2 aromatic rings. The van der Waals surface area contributed by atoms with Crippen molar-refractivity contribution >= 4 is 17.5 Å². The van der Waals surface area contributed by atoms with Gasteiger partial charge in [-0.25, -0.2) is 0 Å². The van der Waals surface area contributed by atoms with Gasteiger partial charge >= 0.3 is 0 Å². The number of carbonyl (C=O) groups is 3. The number of aliphatic hydroxyl groups excluding tert-OH is 1. The maximum Gasteiger partial charge on any atom is 0.252 e. The largest absolute Gasteiger partial charge is 0.507 e. The summed E-state index contributed by atoms with van der Waals surface area (Å²) in [5.41, 5.74) is 2.79. The highest BCUT2D eigenvalue weighted by molar-refractivity contribution is 6.31. The highest BCUT2D eigenvalue weighted by Gasteiger charge is 2.50. The van der Waals surface area contributed by atoms with E-state index in [2.05, 4.69) is 10.6 Å². The van der Waals surface area contributed by atoms with E-state index in [4.69, 9.17) is 19.9 Å². The van der Waals surface area contributed by atoms with E-state index < -0.39 is 82.8 Å². The number of nitrogens with two attached hydrogens (primary N) is 1. The minimum atomic E-state index is -2.13. The monoisotopic (exact) mass is 585 g/mol. The second kappa shape index (κ2) is 11.2. The second-order valence-corrected chi connectivity index (χ2v) is 10.9. The Morgan fingerprint density at radius 2 is 1.86 bits per heavy atom. The zero-order valence-electron chi connectivity index (χ0n) is 23.5. The van der Waals surface area contributed by atoms with Crippen LogP contribution in [0.5, 0.6) is 17.2 Å². The Balaban J connectivity index is 1.65. The molecule has 0 radical (unpaired) electrons. The Labute approximate surface area is 241 Å². The van der Waals surface area contributed by atoms with E-state index in [9.17, 15) is 34.8 Å². The number of nitrogens with one attached hydrogen (secondary N) is 2. The molecule has 0 spiro atoms. The lowest BCUT2D eigenvalue weighted by Gasteiger charge is -2.42. The SMILES string of the molecule is CNCCNC(=O)[C@]1(O)Cc2c(O)c3c(c(O)c2[C@@H](OC2CC(N)C(O)C(C)O2)C1)C(=O)c1c(OC)cccc1C3=O. The van der Waals surface area contributed by atoms with E-state index >= 15 is 0 Å². The van der Waals surface area contributed by atoms with Gasteiger partial charge in [-0.05, 0) is 20.0 Å². The van der Waals surface area contributed by atoms with Gasteiger partial charge in [0.15, 0.2) is 12.1 Å². The quantitative estimate of drug-likeness (QED) is 0.142. The van der Waals surface area contributed by atoms with Gasteiger partial charge in [0, 0.05) is 55.1 Å². The molecule has 2 aromatic carbocycles. The van der Waals surface area contributed by atoms with Crippen molar-refractivity contribution in [3.05, 3.63) is 51.6 Å². The molecule has 0 bridgehead atoms. The molecule has 1 aliphatic heterocycles. The molecule has 8 N–H and O–H groups in total. The molecule has 0 saturated carbocycles. The second-order valence-electron chi connectivity index (χ2n) is 10.9. The minimum Gasteiger partial charge on any atom is -0.507 e. The number of ether oxygens (including phenoxy) is 3. The Morgan fingerprint density at radius 1 is 1.14 bits per heavy atom. The molecule has 13 heteroatoms. The third-order valence-electron chi connectivity index (χ3n) is 8.23. The summed E-state index contributed by atoms with van der Waals surface area (Å²) in [6, 6.07) is 3.73. The molecule has 6 atom stereocenters. The van der Waals surface area contributed by atoms with Gasteiger partial charge in [-0.3, -0.25) is 14.4 Å². The van der Waals surface area contributed by atoms with E-state index in [1.54, 1.807) is 14.0 Å². The maximum atomic E-state index is 13.8. The van der Waals surface area contributed by atoms with E-state index in [1.165, 1.54) is 25.3 Å². The third kappa shape index (κ3) is 4.81. The molecule has 1 fully saturated rings. The zero-order valence-corrected chi connectivity index (χ0v) is 23.5. The van der Waals surface area contributed by atoms with Gasteiger partial charge in [0.2, 0.25) is 5.78 Å². The lowest BCUT2D eigenvalue weighted by Crippen LogP contribution is -2.54. The molecule has 4 unspecified atom stereocenters. The predicted octanol–water partition coefficient (Wildman–Crippen LogP) is -0.224. The van der Waals surface area contributed by atoms with Crippen LogP contribution in [0.4, 0.5) is 0 Å². The molecule has 2 aliphatic carbocycles. The van der Waals surface area contributed by atoms with Gasteiger partial charge in [0.05, 0.1) is 42.1 Å². The fourth-order valence-electron chi connectivity index (χ4n) is 6.03. The van der Waals surface area contributed by atoms with Crippen molar-refractivity contribution in [2.24, 2.45) is 5.73 Å². The van der Waals surface area contributed by atoms with Crippen LogP contribution < -0.4 is 21.1 Å². The third-order valence-corrected chi connectivity index (χ3v) is 8.23. The summed E-state index contributed by atoms with van der Waals surface area (Å²) < 4.78 is 17.2. The summed E-state index contributed by atoms with van der Waals surface area (Å²) in [5, 5.41) is 50.5. The van der Waals surface area contributed by atoms with Crippen LogP contribution in [0.2, 0.25) is 0 Å². The van der Waals surface area contributed by atoms with Crippen LogP contribution in [-0.4, -0.2) is 95.3 Å². The fourth-order valence-corrected chi connectivity index (χ4v) is 6.03. The minimum absolute atomic E-state index is 0.0256. The smallest absolute Gasteiger partial charge is 0.252 e. The number of aromatic hydroxyl groups is 2.